The Bertz CT molecular complexity index is 1150. The number of hydrogen-bond acceptors (Lipinski definition) is 3. The first-order valence-corrected chi connectivity index (χ1v) is 11.1. The molecule has 33 heavy (non-hydrogen) atoms. The molecule has 3 aromatic rings. The van der Waals surface area contributed by atoms with E-state index in [9.17, 15) is 19.1 Å². The van der Waals surface area contributed by atoms with Crippen molar-refractivity contribution in [1.82, 2.24) is 4.90 Å². The number of rotatable bonds is 4. The Morgan fingerprint density at radius 1 is 0.909 bits per heavy atom. The lowest BCUT2D eigenvalue weighted by atomic mass is 9.84. The van der Waals surface area contributed by atoms with Crippen LogP contribution in [0.5, 0.6) is 0 Å². The van der Waals surface area contributed by atoms with Crippen LogP contribution < -0.4 is 0 Å². The zero-order valence-corrected chi connectivity index (χ0v) is 18.0. The van der Waals surface area contributed by atoms with Crippen molar-refractivity contribution < 1.29 is 23.8 Å². The van der Waals surface area contributed by atoms with Gasteiger partial charge in [-0.25, -0.2) is 9.18 Å². The van der Waals surface area contributed by atoms with E-state index < -0.39 is 18.0 Å². The van der Waals surface area contributed by atoms with Crippen molar-refractivity contribution in [2.45, 2.75) is 18.3 Å². The molecular weight excluding hydrogens is 421 g/mol. The predicted octanol–water partition coefficient (Wildman–Crippen LogP) is 5.26. The molecular formula is C27H24FNO4. The smallest absolute Gasteiger partial charge is 0.409 e. The maximum Gasteiger partial charge on any atom is 0.409 e. The lowest BCUT2D eigenvalue weighted by molar-refractivity contribution is -0.143. The second-order valence-electron chi connectivity index (χ2n) is 8.73. The van der Waals surface area contributed by atoms with Crippen LogP contribution >= 0.6 is 0 Å². The van der Waals surface area contributed by atoms with Gasteiger partial charge in [0.1, 0.15) is 12.4 Å². The van der Waals surface area contributed by atoms with Gasteiger partial charge in [0.2, 0.25) is 0 Å². The normalized spacial score (nSPS) is 19.6. The van der Waals surface area contributed by atoms with Gasteiger partial charge < -0.3 is 14.7 Å². The van der Waals surface area contributed by atoms with E-state index in [1.165, 1.54) is 17.0 Å². The number of benzene rings is 3. The topological polar surface area (TPSA) is 66.8 Å². The third-order valence-electron chi connectivity index (χ3n) is 6.74. The average molecular weight is 445 g/mol. The summed E-state index contributed by atoms with van der Waals surface area (Å²) < 4.78 is 19.1. The van der Waals surface area contributed by atoms with Crippen LogP contribution in [0.1, 0.15) is 34.9 Å². The minimum Gasteiger partial charge on any atom is -0.481 e. The molecule has 2 atom stereocenters. The van der Waals surface area contributed by atoms with Gasteiger partial charge in [-0.15, -0.1) is 0 Å². The van der Waals surface area contributed by atoms with E-state index in [0.717, 1.165) is 27.8 Å². The monoisotopic (exact) mass is 445 g/mol. The SMILES string of the molecule is O=C(O)C1CC(c2ccc(F)cc2)CN(C(=O)OCC2c3ccccc3-c3ccccc32)C1. The number of halogens is 1. The van der Waals surface area contributed by atoms with Gasteiger partial charge in [0, 0.05) is 24.9 Å². The van der Waals surface area contributed by atoms with E-state index in [0.29, 0.717) is 13.0 Å². The Labute approximate surface area is 191 Å². The van der Waals surface area contributed by atoms with Crippen molar-refractivity contribution in [1.29, 1.82) is 0 Å². The van der Waals surface area contributed by atoms with Gasteiger partial charge in [-0.3, -0.25) is 4.79 Å². The van der Waals surface area contributed by atoms with Crippen LogP contribution in [0, 0.1) is 11.7 Å². The van der Waals surface area contributed by atoms with Crippen LogP contribution in [0.25, 0.3) is 11.1 Å². The minimum absolute atomic E-state index is 0.0608. The maximum atomic E-state index is 13.3. The Kier molecular flexibility index (Phi) is 5.58. The van der Waals surface area contributed by atoms with Gasteiger partial charge in [-0.1, -0.05) is 60.7 Å². The van der Waals surface area contributed by atoms with E-state index in [-0.39, 0.29) is 30.8 Å². The molecule has 0 saturated carbocycles. The molecule has 1 fully saturated rings. The van der Waals surface area contributed by atoms with Crippen LogP contribution in [-0.2, 0) is 9.53 Å². The highest BCUT2D eigenvalue weighted by Crippen LogP contribution is 2.44. The summed E-state index contributed by atoms with van der Waals surface area (Å²) in [6.45, 7) is 0.623. The number of carboxylic acid groups (broad SMARTS) is 1. The van der Waals surface area contributed by atoms with Crippen LogP contribution in [0.2, 0.25) is 0 Å². The lowest BCUT2D eigenvalue weighted by Gasteiger charge is -2.36. The molecule has 0 radical (unpaired) electrons. The number of nitrogens with zero attached hydrogens (tertiary/aromatic N) is 1. The zero-order chi connectivity index (χ0) is 22.9. The number of aliphatic carboxylic acids is 1. The fourth-order valence-corrected chi connectivity index (χ4v) is 5.09. The number of carboxylic acids is 1. The molecule has 1 aliphatic carbocycles. The number of carbonyl (C=O) groups is 2. The Balaban J connectivity index is 1.33. The zero-order valence-electron chi connectivity index (χ0n) is 18.0. The molecule has 3 aromatic carbocycles. The Morgan fingerprint density at radius 2 is 1.52 bits per heavy atom. The quantitative estimate of drug-likeness (QED) is 0.595. The number of amides is 1. The molecule has 2 aliphatic rings. The molecule has 0 spiro atoms. The highest BCUT2D eigenvalue weighted by Gasteiger charge is 2.36. The number of fused-ring (bicyclic) bond motifs is 3. The van der Waals surface area contributed by atoms with Gasteiger partial charge >= 0.3 is 12.1 Å². The lowest BCUT2D eigenvalue weighted by Crippen LogP contribution is -2.45. The van der Waals surface area contributed by atoms with Gasteiger partial charge in [0.15, 0.2) is 0 Å². The number of carbonyl (C=O) groups excluding carboxylic acids is 1. The molecule has 168 valence electrons. The van der Waals surface area contributed by atoms with Crippen molar-refractivity contribution in [2.24, 2.45) is 5.92 Å². The fraction of sp³-hybridized carbons (Fsp3) is 0.259. The van der Waals surface area contributed by atoms with E-state index in [1.807, 2.05) is 24.3 Å². The second-order valence-corrected chi connectivity index (χ2v) is 8.73. The molecule has 1 N–H and O–H groups in total. The first kappa shape index (κ1) is 21.2. The first-order chi connectivity index (χ1) is 16.0. The molecule has 5 rings (SSSR count). The number of likely N-dealkylation sites (tertiary alicyclic amines) is 1. The summed E-state index contributed by atoms with van der Waals surface area (Å²) in [4.78, 5) is 26.3. The van der Waals surface area contributed by atoms with Crippen molar-refractivity contribution in [3.05, 3.63) is 95.3 Å². The van der Waals surface area contributed by atoms with Crippen molar-refractivity contribution in [2.75, 3.05) is 19.7 Å². The fourth-order valence-electron chi connectivity index (χ4n) is 5.09. The summed E-state index contributed by atoms with van der Waals surface area (Å²) in [5.41, 5.74) is 5.36. The molecule has 1 saturated heterocycles. The minimum atomic E-state index is -0.946. The summed E-state index contributed by atoms with van der Waals surface area (Å²) >= 11 is 0. The molecule has 1 aliphatic heterocycles. The van der Waals surface area contributed by atoms with Crippen molar-refractivity contribution >= 4 is 12.1 Å². The van der Waals surface area contributed by atoms with Crippen LogP contribution in [0.4, 0.5) is 9.18 Å². The van der Waals surface area contributed by atoms with Gasteiger partial charge in [-0.2, -0.15) is 0 Å². The molecule has 6 heteroatoms. The van der Waals surface area contributed by atoms with Gasteiger partial charge in [0.25, 0.3) is 0 Å². The molecule has 2 unspecified atom stereocenters. The highest BCUT2D eigenvalue weighted by molar-refractivity contribution is 5.79. The molecule has 0 bridgehead atoms. The summed E-state index contributed by atoms with van der Waals surface area (Å²) in [5, 5.41) is 9.63. The number of hydrogen-bond donors (Lipinski definition) is 1. The largest absolute Gasteiger partial charge is 0.481 e. The van der Waals surface area contributed by atoms with Crippen LogP contribution in [0.15, 0.2) is 72.8 Å². The molecule has 1 heterocycles. The standard InChI is InChI=1S/C27H24FNO4/c28-20-11-9-17(10-12-20)18-13-19(26(30)31)15-29(14-18)27(32)33-16-25-23-7-3-1-5-21(23)22-6-2-4-8-24(22)25/h1-12,18-19,25H,13-16H2,(H,30,31). The molecule has 0 aromatic heterocycles. The van der Waals surface area contributed by atoms with Crippen LogP contribution in [0.3, 0.4) is 0 Å². The van der Waals surface area contributed by atoms with E-state index in [4.69, 9.17) is 4.74 Å². The van der Waals surface area contributed by atoms with Crippen molar-refractivity contribution in [3.8, 4) is 11.1 Å². The van der Waals surface area contributed by atoms with Crippen molar-refractivity contribution in [3.63, 3.8) is 0 Å². The third kappa shape index (κ3) is 4.09. The Hall–Kier alpha value is -3.67. The van der Waals surface area contributed by atoms with Crippen LogP contribution in [-0.4, -0.2) is 41.8 Å². The summed E-state index contributed by atoms with van der Waals surface area (Å²) in [6, 6.07) is 22.2. The summed E-state index contributed by atoms with van der Waals surface area (Å²) in [7, 11) is 0. The highest BCUT2D eigenvalue weighted by atomic mass is 19.1. The van der Waals surface area contributed by atoms with Gasteiger partial charge in [0.05, 0.1) is 5.92 Å². The first-order valence-electron chi connectivity index (χ1n) is 11.1. The summed E-state index contributed by atoms with van der Waals surface area (Å²) in [5.74, 6) is -2.25. The Morgan fingerprint density at radius 3 is 2.12 bits per heavy atom. The predicted molar refractivity (Wildman–Crippen MR) is 122 cm³/mol. The average Bonchev–Trinajstić information content (AvgIpc) is 3.16. The maximum absolute atomic E-state index is 13.3. The van der Waals surface area contributed by atoms with Gasteiger partial charge in [-0.05, 0) is 46.4 Å². The molecule has 5 nitrogen and oxygen atoms in total. The second kappa shape index (κ2) is 8.70. The van der Waals surface area contributed by atoms with E-state index in [2.05, 4.69) is 24.3 Å². The van der Waals surface area contributed by atoms with E-state index >= 15 is 0 Å². The third-order valence-corrected chi connectivity index (χ3v) is 6.74. The number of piperidine rings is 1. The summed E-state index contributed by atoms with van der Waals surface area (Å²) in [6.07, 6.45) is -0.122. The molecule has 1 amide bonds. The number of ether oxygens (including phenoxy) is 1. The van der Waals surface area contributed by atoms with E-state index in [1.54, 1.807) is 12.1 Å².